The maximum absolute atomic E-state index is 12.5. The molecule has 3 heterocycles. The predicted molar refractivity (Wildman–Crippen MR) is 150 cm³/mol. The number of fused-ring (bicyclic) bond motifs is 1. The molecular weight excluding hydrogens is 584 g/mol. The Morgan fingerprint density at radius 1 is 1.24 bits per heavy atom. The number of nitrogens with zero attached hydrogens (tertiary/aromatic N) is 5. The van der Waals surface area contributed by atoms with Crippen LogP contribution in [-0.4, -0.2) is 50.8 Å². The summed E-state index contributed by atoms with van der Waals surface area (Å²) in [5.74, 6) is 1.47. The van der Waals surface area contributed by atoms with E-state index < -0.39 is 11.0 Å². The molecule has 2 unspecified atom stereocenters. The van der Waals surface area contributed by atoms with E-state index in [0.717, 1.165) is 65.7 Å². The van der Waals surface area contributed by atoms with Gasteiger partial charge < -0.3 is 15.5 Å². The Morgan fingerprint density at radius 3 is 2.62 bits per heavy atom. The standard InChI is InChI=1S/C22H27IN7O2PS/c1-13-24-20-17(12-19(26-21(20)30(13)33-23)27-22(31)14-5-6-14)25-16-8-7-15(29-9-4-10-29)11-18(16)28(2)34(3)32/h7-8,11-12,14,33H,4-6,9-10H2,1-3H3,(H2,25,26,27,31). The molecular formula is C22H27IN7O2PS. The highest BCUT2D eigenvalue weighted by molar-refractivity contribution is 14.2. The summed E-state index contributed by atoms with van der Waals surface area (Å²) in [7, 11) is 0.642. The molecule has 0 bridgehead atoms. The van der Waals surface area contributed by atoms with Crippen LogP contribution in [0.25, 0.3) is 11.2 Å². The second kappa shape index (κ2) is 9.58. The van der Waals surface area contributed by atoms with E-state index in [1.165, 1.54) is 6.42 Å². The highest BCUT2D eigenvalue weighted by atomic mass is 127. The first-order valence-corrected chi connectivity index (χ1v) is 16.7. The number of rotatable bonds is 8. The third-order valence-electron chi connectivity index (χ3n) is 6.26. The number of pyridine rings is 1. The van der Waals surface area contributed by atoms with Crippen LogP contribution in [0.4, 0.5) is 28.6 Å². The Bertz CT molecular complexity index is 1290. The van der Waals surface area contributed by atoms with Gasteiger partial charge in [-0.15, -0.1) is 0 Å². The zero-order valence-electron chi connectivity index (χ0n) is 19.3. The second-order valence-electron chi connectivity index (χ2n) is 8.66. The number of aryl methyl sites for hydroxylation is 1. The van der Waals surface area contributed by atoms with Crippen molar-refractivity contribution in [2.24, 2.45) is 5.92 Å². The number of amides is 1. The Labute approximate surface area is 216 Å². The first kappa shape index (κ1) is 23.7. The molecule has 3 aromatic rings. The van der Waals surface area contributed by atoms with Crippen molar-refractivity contribution < 1.29 is 9.00 Å². The number of benzene rings is 1. The van der Waals surface area contributed by atoms with Crippen molar-refractivity contribution in [2.75, 3.05) is 46.2 Å². The average molecular weight is 611 g/mol. The summed E-state index contributed by atoms with van der Waals surface area (Å²) >= 11 is 2.31. The highest BCUT2D eigenvalue weighted by Crippen LogP contribution is 2.39. The summed E-state index contributed by atoms with van der Waals surface area (Å²) in [5.41, 5.74) is 4.99. The molecule has 0 spiro atoms. The minimum absolute atomic E-state index is 0.0122. The maximum atomic E-state index is 12.5. The minimum atomic E-state index is -1.19. The van der Waals surface area contributed by atoms with Crippen LogP contribution >= 0.6 is 28.4 Å². The van der Waals surface area contributed by atoms with Gasteiger partial charge in [-0.1, -0.05) is 0 Å². The van der Waals surface area contributed by atoms with Gasteiger partial charge in [0.05, 0.1) is 23.4 Å². The average Bonchev–Trinajstić information content (AvgIpc) is 3.56. The van der Waals surface area contributed by atoms with Gasteiger partial charge in [0, 0.05) is 44.1 Å². The molecule has 0 radical (unpaired) electrons. The fraction of sp³-hybridized carbons (Fsp3) is 0.409. The molecule has 180 valence electrons. The minimum Gasteiger partial charge on any atom is -0.371 e. The Morgan fingerprint density at radius 2 is 2.00 bits per heavy atom. The lowest BCUT2D eigenvalue weighted by atomic mass is 10.1. The van der Waals surface area contributed by atoms with Gasteiger partial charge in [-0.25, -0.2) is 14.2 Å². The van der Waals surface area contributed by atoms with Gasteiger partial charge in [0.15, 0.2) is 5.65 Å². The molecule has 1 aliphatic heterocycles. The van der Waals surface area contributed by atoms with Crippen LogP contribution in [-0.2, 0) is 15.8 Å². The molecule has 12 heteroatoms. The van der Waals surface area contributed by atoms with Gasteiger partial charge in [-0.3, -0.25) is 13.4 Å². The molecule has 1 aliphatic carbocycles. The smallest absolute Gasteiger partial charge is 0.228 e. The number of carbonyl (C=O) groups excluding carboxylic acids is 1. The van der Waals surface area contributed by atoms with Crippen molar-refractivity contribution in [3.8, 4) is 0 Å². The van der Waals surface area contributed by atoms with Crippen molar-refractivity contribution in [3.63, 3.8) is 0 Å². The van der Waals surface area contributed by atoms with Gasteiger partial charge in [0.25, 0.3) is 0 Å². The summed E-state index contributed by atoms with van der Waals surface area (Å²) in [6, 6.07) is 8.02. The molecule has 2 atom stereocenters. The van der Waals surface area contributed by atoms with E-state index in [1.54, 1.807) is 10.6 Å². The lowest BCUT2D eigenvalue weighted by Gasteiger charge is -2.34. The van der Waals surface area contributed by atoms with E-state index >= 15 is 0 Å². The van der Waals surface area contributed by atoms with Crippen molar-refractivity contribution in [3.05, 3.63) is 30.1 Å². The van der Waals surface area contributed by atoms with E-state index in [-0.39, 0.29) is 11.8 Å². The third-order valence-corrected chi connectivity index (χ3v) is 9.38. The van der Waals surface area contributed by atoms with Crippen LogP contribution in [0, 0.1) is 12.8 Å². The Kier molecular flexibility index (Phi) is 6.69. The third kappa shape index (κ3) is 4.61. The number of halogens is 1. The number of aromatic nitrogens is 3. The van der Waals surface area contributed by atoms with Crippen molar-refractivity contribution in [2.45, 2.75) is 26.2 Å². The van der Waals surface area contributed by atoms with Crippen LogP contribution in [0.5, 0.6) is 0 Å². The van der Waals surface area contributed by atoms with Gasteiger partial charge in [0.1, 0.15) is 28.1 Å². The molecule has 1 saturated carbocycles. The zero-order valence-corrected chi connectivity index (χ0v) is 23.2. The summed E-state index contributed by atoms with van der Waals surface area (Å²) in [6.45, 7) is 4.03. The second-order valence-corrected chi connectivity index (χ2v) is 12.1. The Balaban J connectivity index is 1.58. The van der Waals surface area contributed by atoms with E-state index in [4.69, 9.17) is 9.97 Å². The van der Waals surface area contributed by atoms with E-state index in [0.29, 0.717) is 12.2 Å². The van der Waals surface area contributed by atoms with Gasteiger partial charge >= 0.3 is 0 Å². The monoisotopic (exact) mass is 611 g/mol. The van der Waals surface area contributed by atoms with Crippen LogP contribution in [0.3, 0.4) is 0 Å². The van der Waals surface area contributed by atoms with Gasteiger partial charge in [-0.05, 0) is 66.4 Å². The molecule has 1 amide bonds. The number of nitrogens with one attached hydrogen (secondary N) is 2. The van der Waals surface area contributed by atoms with Crippen LogP contribution in [0.15, 0.2) is 24.3 Å². The molecule has 9 nitrogen and oxygen atoms in total. The van der Waals surface area contributed by atoms with E-state index in [9.17, 15) is 9.00 Å². The molecule has 2 N–H and O–H groups in total. The molecule has 5 rings (SSSR count). The van der Waals surface area contributed by atoms with Crippen molar-refractivity contribution >= 4 is 85.0 Å². The fourth-order valence-corrected chi connectivity index (χ4v) is 6.50. The highest BCUT2D eigenvalue weighted by Gasteiger charge is 2.30. The Hall–Kier alpha value is -1.98. The molecule has 1 aromatic carbocycles. The molecule has 2 fully saturated rings. The number of imidazole rings is 1. The summed E-state index contributed by atoms with van der Waals surface area (Å²) < 4.78 is 16.2. The SMILES string of the molecule is Cc1nc2c(Nc3ccc(N4CCC4)cc3N(C)S(C)=O)cc(NC(=O)C3CC3)nc2n1PI. The number of hydrogen-bond donors (Lipinski definition) is 2. The summed E-state index contributed by atoms with van der Waals surface area (Å²) in [4.78, 5) is 24.3. The lowest BCUT2D eigenvalue weighted by molar-refractivity contribution is -0.117. The lowest BCUT2D eigenvalue weighted by Crippen LogP contribution is -2.37. The van der Waals surface area contributed by atoms with Crippen LogP contribution in [0.2, 0.25) is 0 Å². The van der Waals surface area contributed by atoms with Crippen LogP contribution < -0.4 is 19.8 Å². The first-order chi connectivity index (χ1) is 16.4. The first-order valence-electron chi connectivity index (χ1n) is 11.2. The normalized spacial score (nSPS) is 16.6. The molecule has 2 aromatic heterocycles. The summed E-state index contributed by atoms with van der Waals surface area (Å²) in [6.07, 6.45) is 5.15. The number of anilines is 5. The number of carbonyl (C=O) groups is 1. The van der Waals surface area contributed by atoms with Gasteiger partial charge in [-0.2, -0.15) is 0 Å². The van der Waals surface area contributed by atoms with Crippen LogP contribution in [0.1, 0.15) is 25.1 Å². The van der Waals surface area contributed by atoms with E-state index in [1.807, 2.05) is 26.1 Å². The van der Waals surface area contributed by atoms with E-state index in [2.05, 4.69) is 54.0 Å². The molecule has 34 heavy (non-hydrogen) atoms. The van der Waals surface area contributed by atoms with Gasteiger partial charge in [0.2, 0.25) is 5.91 Å². The summed E-state index contributed by atoms with van der Waals surface area (Å²) in [5, 5.41) is 6.50. The van der Waals surface area contributed by atoms with Crippen molar-refractivity contribution in [1.29, 1.82) is 0 Å². The molecule has 2 aliphatic rings. The number of hydrogen-bond acceptors (Lipinski definition) is 6. The predicted octanol–water partition coefficient (Wildman–Crippen LogP) is 4.56. The molecule has 1 saturated heterocycles. The fourth-order valence-electron chi connectivity index (χ4n) is 3.93. The largest absolute Gasteiger partial charge is 0.371 e. The maximum Gasteiger partial charge on any atom is 0.228 e. The quantitative estimate of drug-likeness (QED) is 0.287. The zero-order chi connectivity index (χ0) is 24.0. The van der Waals surface area contributed by atoms with Crippen molar-refractivity contribution in [1.82, 2.24) is 14.3 Å². The topological polar surface area (TPSA) is 95.4 Å².